The molecule has 6 heteroatoms. The molecule has 28 heavy (non-hydrogen) atoms. The van der Waals surface area contributed by atoms with Gasteiger partial charge < -0.3 is 19.5 Å². The first-order chi connectivity index (χ1) is 13.7. The van der Waals surface area contributed by atoms with E-state index in [0.717, 1.165) is 47.5 Å². The lowest BCUT2D eigenvalue weighted by Crippen LogP contribution is -2.17. The molecule has 0 saturated heterocycles. The molecule has 0 aliphatic heterocycles. The highest BCUT2D eigenvalue weighted by Gasteiger charge is 2.06. The Morgan fingerprint density at radius 3 is 2.54 bits per heavy atom. The second-order valence-corrected chi connectivity index (χ2v) is 7.39. The van der Waals surface area contributed by atoms with E-state index in [0.29, 0.717) is 6.61 Å². The van der Waals surface area contributed by atoms with Crippen LogP contribution in [0, 0.1) is 6.92 Å². The average molecular weight is 399 g/mol. The minimum absolute atomic E-state index is 0.499. The van der Waals surface area contributed by atoms with Gasteiger partial charge in [0.25, 0.3) is 0 Å². The Kier molecular flexibility index (Phi) is 7.28. The summed E-state index contributed by atoms with van der Waals surface area (Å²) in [6.07, 6.45) is 0.911. The molecule has 0 fully saturated rings. The minimum Gasteiger partial charge on any atom is -0.493 e. The molecular formula is C22H26N2O3S. The Morgan fingerprint density at radius 1 is 1.00 bits per heavy atom. The van der Waals surface area contributed by atoms with E-state index in [2.05, 4.69) is 28.7 Å². The van der Waals surface area contributed by atoms with Crippen molar-refractivity contribution in [3.63, 3.8) is 0 Å². The van der Waals surface area contributed by atoms with Gasteiger partial charge in [-0.1, -0.05) is 23.8 Å². The van der Waals surface area contributed by atoms with Gasteiger partial charge in [-0.3, -0.25) is 0 Å². The Bertz CT molecular complexity index is 878. The van der Waals surface area contributed by atoms with Gasteiger partial charge in [-0.15, -0.1) is 11.3 Å². The summed E-state index contributed by atoms with van der Waals surface area (Å²) in [4.78, 5) is 4.63. The lowest BCUT2D eigenvalue weighted by atomic mass is 10.1. The zero-order valence-corrected chi connectivity index (χ0v) is 17.3. The van der Waals surface area contributed by atoms with E-state index in [1.54, 1.807) is 25.6 Å². The molecule has 0 amide bonds. The van der Waals surface area contributed by atoms with Crippen LogP contribution < -0.4 is 19.5 Å². The molecule has 3 rings (SSSR count). The third kappa shape index (κ3) is 5.71. The molecule has 0 unspecified atom stereocenters. The molecule has 1 N–H and O–H groups in total. The van der Waals surface area contributed by atoms with Gasteiger partial charge in [0.1, 0.15) is 17.4 Å². The number of rotatable bonds is 10. The van der Waals surface area contributed by atoms with Crippen molar-refractivity contribution in [1.29, 1.82) is 0 Å². The molecule has 0 aliphatic carbocycles. The molecule has 0 bridgehead atoms. The van der Waals surface area contributed by atoms with E-state index >= 15 is 0 Å². The van der Waals surface area contributed by atoms with Gasteiger partial charge in [-0.25, -0.2) is 4.98 Å². The third-order valence-electron chi connectivity index (χ3n) is 4.33. The van der Waals surface area contributed by atoms with Crippen LogP contribution in [0.25, 0.3) is 0 Å². The van der Waals surface area contributed by atoms with Crippen LogP contribution in [0.3, 0.4) is 0 Å². The number of methoxy groups -OCH3 is 2. The number of aromatic nitrogens is 1. The molecule has 0 atom stereocenters. The first kappa shape index (κ1) is 20.2. The van der Waals surface area contributed by atoms with Crippen LogP contribution in [0.15, 0.2) is 47.8 Å². The highest BCUT2D eigenvalue weighted by Crippen LogP contribution is 2.27. The lowest BCUT2D eigenvalue weighted by Gasteiger charge is -2.09. The Balaban J connectivity index is 1.41. The van der Waals surface area contributed by atoms with Crippen LogP contribution in [0.1, 0.15) is 21.8 Å². The molecule has 148 valence electrons. The van der Waals surface area contributed by atoms with Crippen LogP contribution >= 0.6 is 11.3 Å². The van der Waals surface area contributed by atoms with Gasteiger partial charge in [0.2, 0.25) is 0 Å². The summed E-state index contributed by atoms with van der Waals surface area (Å²) in [5.74, 6) is 2.38. The van der Waals surface area contributed by atoms with E-state index in [-0.39, 0.29) is 0 Å². The number of nitrogens with zero attached hydrogens (tertiary/aromatic N) is 1. The first-order valence-corrected chi connectivity index (χ1v) is 10.1. The molecule has 0 radical (unpaired) electrons. The highest BCUT2D eigenvalue weighted by molar-refractivity contribution is 7.09. The smallest absolute Gasteiger partial charge is 0.160 e. The minimum atomic E-state index is 0.499. The Hall–Kier alpha value is -2.57. The fourth-order valence-electron chi connectivity index (χ4n) is 2.76. The van der Waals surface area contributed by atoms with E-state index < -0.39 is 0 Å². The van der Waals surface area contributed by atoms with Gasteiger partial charge in [0, 0.05) is 11.9 Å². The van der Waals surface area contributed by atoms with E-state index in [9.17, 15) is 0 Å². The number of thiazole rings is 1. The topological polar surface area (TPSA) is 52.6 Å². The molecule has 0 spiro atoms. The number of aryl methyl sites for hydroxylation is 1. The Labute approximate surface area is 170 Å². The lowest BCUT2D eigenvalue weighted by molar-refractivity contribution is 0.305. The van der Waals surface area contributed by atoms with Crippen molar-refractivity contribution in [2.45, 2.75) is 26.5 Å². The van der Waals surface area contributed by atoms with Crippen LogP contribution in [-0.4, -0.2) is 25.7 Å². The number of hydrogen-bond donors (Lipinski definition) is 1. The fraction of sp³-hybridized carbons (Fsp3) is 0.318. The third-order valence-corrected chi connectivity index (χ3v) is 5.20. The summed E-state index contributed by atoms with van der Waals surface area (Å²) in [5.41, 5.74) is 3.47. The number of ether oxygens (including phenoxy) is 3. The average Bonchev–Trinajstić information content (AvgIpc) is 3.18. The van der Waals surface area contributed by atoms with Gasteiger partial charge in [-0.2, -0.15) is 0 Å². The van der Waals surface area contributed by atoms with Crippen LogP contribution in [0.5, 0.6) is 17.2 Å². The zero-order chi connectivity index (χ0) is 19.8. The maximum absolute atomic E-state index is 5.79. The van der Waals surface area contributed by atoms with Crippen molar-refractivity contribution >= 4 is 11.3 Å². The first-order valence-electron chi connectivity index (χ1n) is 9.22. The van der Waals surface area contributed by atoms with Crippen LogP contribution in [-0.2, 0) is 19.6 Å². The predicted octanol–water partition coefficient (Wildman–Crippen LogP) is 4.38. The van der Waals surface area contributed by atoms with Gasteiger partial charge in [-0.05, 0) is 49.7 Å². The second kappa shape index (κ2) is 10.1. The second-order valence-electron chi connectivity index (χ2n) is 6.45. The fourth-order valence-corrected chi connectivity index (χ4v) is 3.47. The molecular weight excluding hydrogens is 372 g/mol. The number of nitrogens with one attached hydrogen (secondary N) is 1. The SMILES string of the molecule is COc1ccc(CCNCc2csc(COc3ccc(C)cc3)n2)cc1OC. The monoisotopic (exact) mass is 398 g/mol. The Morgan fingerprint density at radius 2 is 1.79 bits per heavy atom. The molecule has 5 nitrogen and oxygen atoms in total. The number of benzene rings is 2. The standard InChI is InChI=1S/C22H26N2O3S/c1-16-4-7-19(8-5-16)27-14-22-24-18(15-28-22)13-23-11-10-17-6-9-20(25-2)21(12-17)26-3/h4-9,12,15,23H,10-11,13-14H2,1-3H3. The summed E-state index contributed by atoms with van der Waals surface area (Å²) >= 11 is 1.63. The molecule has 0 saturated carbocycles. The van der Waals surface area contributed by atoms with Crippen molar-refractivity contribution < 1.29 is 14.2 Å². The van der Waals surface area contributed by atoms with Gasteiger partial charge in [0.05, 0.1) is 19.9 Å². The van der Waals surface area contributed by atoms with Gasteiger partial charge >= 0.3 is 0 Å². The maximum atomic E-state index is 5.79. The van der Waals surface area contributed by atoms with Crippen molar-refractivity contribution in [1.82, 2.24) is 10.3 Å². The molecule has 1 aromatic heterocycles. The summed E-state index contributed by atoms with van der Waals surface area (Å²) in [6, 6.07) is 14.1. The van der Waals surface area contributed by atoms with E-state index in [1.165, 1.54) is 11.1 Å². The summed E-state index contributed by atoms with van der Waals surface area (Å²) in [5, 5.41) is 6.51. The van der Waals surface area contributed by atoms with Crippen molar-refractivity contribution in [2.75, 3.05) is 20.8 Å². The molecule has 1 heterocycles. The zero-order valence-electron chi connectivity index (χ0n) is 16.5. The number of hydrogen-bond acceptors (Lipinski definition) is 6. The van der Waals surface area contributed by atoms with Crippen molar-refractivity contribution in [2.24, 2.45) is 0 Å². The summed E-state index contributed by atoms with van der Waals surface area (Å²) < 4.78 is 16.4. The molecule has 0 aliphatic rings. The van der Waals surface area contributed by atoms with Gasteiger partial charge in [0.15, 0.2) is 11.5 Å². The normalized spacial score (nSPS) is 10.7. The van der Waals surface area contributed by atoms with E-state index in [4.69, 9.17) is 14.2 Å². The molecule has 2 aromatic carbocycles. The predicted molar refractivity (Wildman–Crippen MR) is 113 cm³/mol. The largest absolute Gasteiger partial charge is 0.493 e. The quantitative estimate of drug-likeness (QED) is 0.514. The maximum Gasteiger partial charge on any atom is 0.160 e. The molecule has 3 aromatic rings. The van der Waals surface area contributed by atoms with Crippen LogP contribution in [0.4, 0.5) is 0 Å². The highest BCUT2D eigenvalue weighted by atomic mass is 32.1. The summed E-state index contributed by atoms with van der Waals surface area (Å²) in [6.45, 7) is 4.17. The van der Waals surface area contributed by atoms with Crippen LogP contribution in [0.2, 0.25) is 0 Å². The summed E-state index contributed by atoms with van der Waals surface area (Å²) in [7, 11) is 3.30. The van der Waals surface area contributed by atoms with Crippen molar-refractivity contribution in [3.05, 3.63) is 69.7 Å². The van der Waals surface area contributed by atoms with Crippen molar-refractivity contribution in [3.8, 4) is 17.2 Å². The van der Waals surface area contributed by atoms with E-state index in [1.807, 2.05) is 36.4 Å².